The molecular formula is C18H27N3O3. The number of piperidine rings is 1. The van der Waals surface area contributed by atoms with Crippen LogP contribution < -0.4 is 5.32 Å². The van der Waals surface area contributed by atoms with Crippen molar-refractivity contribution in [2.45, 2.75) is 70.9 Å². The lowest BCUT2D eigenvalue weighted by atomic mass is 9.93. The fourth-order valence-electron chi connectivity index (χ4n) is 3.83. The van der Waals surface area contributed by atoms with Crippen molar-refractivity contribution in [2.24, 2.45) is 5.92 Å². The molecule has 2 fully saturated rings. The van der Waals surface area contributed by atoms with E-state index in [1.807, 2.05) is 17.9 Å². The van der Waals surface area contributed by atoms with E-state index in [1.165, 1.54) is 25.7 Å². The minimum absolute atomic E-state index is 0.00942. The maximum Gasteiger partial charge on any atom is 0.225 e. The number of nitrogens with zero attached hydrogens (tertiary/aromatic N) is 2. The molecule has 6 heteroatoms. The monoisotopic (exact) mass is 333 g/mol. The van der Waals surface area contributed by atoms with Gasteiger partial charge in [0.15, 0.2) is 5.76 Å². The first-order valence-corrected chi connectivity index (χ1v) is 9.13. The van der Waals surface area contributed by atoms with Crippen molar-refractivity contribution in [2.75, 3.05) is 6.54 Å². The molecule has 6 nitrogen and oxygen atoms in total. The summed E-state index contributed by atoms with van der Waals surface area (Å²) in [5.74, 6) is 0.773. The smallest absolute Gasteiger partial charge is 0.225 e. The summed E-state index contributed by atoms with van der Waals surface area (Å²) < 4.78 is 5.12. The highest BCUT2D eigenvalue weighted by molar-refractivity contribution is 5.84. The van der Waals surface area contributed by atoms with Gasteiger partial charge < -0.3 is 14.7 Å². The van der Waals surface area contributed by atoms with E-state index in [-0.39, 0.29) is 17.7 Å². The van der Waals surface area contributed by atoms with Gasteiger partial charge in [-0.2, -0.15) is 0 Å². The van der Waals surface area contributed by atoms with Crippen molar-refractivity contribution in [3.05, 3.63) is 17.5 Å². The van der Waals surface area contributed by atoms with Gasteiger partial charge in [-0.15, -0.1) is 0 Å². The topological polar surface area (TPSA) is 75.4 Å². The molecule has 2 aliphatic rings. The lowest BCUT2D eigenvalue weighted by Gasteiger charge is -2.37. The molecule has 1 N–H and O–H groups in total. The van der Waals surface area contributed by atoms with Gasteiger partial charge in [0.25, 0.3) is 0 Å². The Balaban J connectivity index is 1.55. The molecule has 2 amide bonds. The van der Waals surface area contributed by atoms with Crippen LogP contribution in [-0.4, -0.2) is 34.5 Å². The molecule has 132 valence electrons. The molecule has 1 saturated heterocycles. The van der Waals surface area contributed by atoms with Crippen molar-refractivity contribution in [1.82, 2.24) is 15.4 Å². The molecule has 1 aromatic heterocycles. The molecule has 1 atom stereocenters. The average Bonchev–Trinajstić information content (AvgIpc) is 2.83. The van der Waals surface area contributed by atoms with Crippen LogP contribution in [0.5, 0.6) is 0 Å². The van der Waals surface area contributed by atoms with Crippen molar-refractivity contribution in [1.29, 1.82) is 0 Å². The molecule has 1 aliphatic carbocycles. The lowest BCUT2D eigenvalue weighted by Crippen LogP contribution is -2.49. The fourth-order valence-corrected chi connectivity index (χ4v) is 3.83. The molecule has 1 aliphatic heterocycles. The van der Waals surface area contributed by atoms with E-state index >= 15 is 0 Å². The summed E-state index contributed by atoms with van der Waals surface area (Å²) in [7, 11) is 0. The van der Waals surface area contributed by atoms with Crippen molar-refractivity contribution >= 4 is 11.8 Å². The average molecular weight is 333 g/mol. The van der Waals surface area contributed by atoms with E-state index in [1.54, 1.807) is 0 Å². The summed E-state index contributed by atoms with van der Waals surface area (Å²) in [4.78, 5) is 26.8. The SMILES string of the molecule is Cc1cc(CNC(=O)[C@@H]2CCC(=O)N(C3CCCCCC3)C2)on1. The van der Waals surface area contributed by atoms with Gasteiger partial charge in [-0.3, -0.25) is 9.59 Å². The van der Waals surface area contributed by atoms with Crippen LogP contribution in [0, 0.1) is 12.8 Å². The highest BCUT2D eigenvalue weighted by atomic mass is 16.5. The van der Waals surface area contributed by atoms with Crippen LogP contribution in [0.3, 0.4) is 0 Å². The summed E-state index contributed by atoms with van der Waals surface area (Å²) >= 11 is 0. The van der Waals surface area contributed by atoms with Gasteiger partial charge >= 0.3 is 0 Å². The number of likely N-dealkylation sites (tertiary alicyclic amines) is 1. The normalized spacial score (nSPS) is 23.1. The number of hydrogen-bond acceptors (Lipinski definition) is 4. The number of hydrogen-bond donors (Lipinski definition) is 1. The highest BCUT2D eigenvalue weighted by Crippen LogP contribution is 2.27. The lowest BCUT2D eigenvalue weighted by molar-refractivity contribution is -0.141. The maximum absolute atomic E-state index is 12.5. The van der Waals surface area contributed by atoms with Crippen LogP contribution in [0.4, 0.5) is 0 Å². The molecule has 0 spiro atoms. The third-order valence-corrected chi connectivity index (χ3v) is 5.19. The second kappa shape index (κ2) is 7.81. The van der Waals surface area contributed by atoms with Crippen LogP contribution in [0.15, 0.2) is 10.6 Å². The largest absolute Gasteiger partial charge is 0.359 e. The Hall–Kier alpha value is -1.85. The van der Waals surface area contributed by atoms with Gasteiger partial charge in [-0.1, -0.05) is 30.8 Å². The van der Waals surface area contributed by atoms with Crippen LogP contribution in [0.1, 0.15) is 62.8 Å². The fraction of sp³-hybridized carbons (Fsp3) is 0.722. The second-order valence-corrected chi connectivity index (χ2v) is 7.08. The molecule has 2 heterocycles. The summed E-state index contributed by atoms with van der Waals surface area (Å²) in [6.45, 7) is 2.77. The van der Waals surface area contributed by atoms with E-state index in [0.717, 1.165) is 18.5 Å². The molecule has 24 heavy (non-hydrogen) atoms. The van der Waals surface area contributed by atoms with E-state index in [0.29, 0.717) is 37.7 Å². The number of aryl methyl sites for hydroxylation is 1. The molecule has 0 aromatic carbocycles. The van der Waals surface area contributed by atoms with E-state index in [4.69, 9.17) is 4.52 Å². The van der Waals surface area contributed by atoms with Crippen molar-refractivity contribution in [3.63, 3.8) is 0 Å². The van der Waals surface area contributed by atoms with Gasteiger partial charge in [0, 0.05) is 25.1 Å². The van der Waals surface area contributed by atoms with Gasteiger partial charge in [-0.05, 0) is 26.2 Å². The molecule has 3 rings (SSSR count). The molecule has 1 saturated carbocycles. The van der Waals surface area contributed by atoms with Crippen molar-refractivity contribution in [3.8, 4) is 0 Å². The third-order valence-electron chi connectivity index (χ3n) is 5.19. The molecule has 1 aromatic rings. The third kappa shape index (κ3) is 4.16. The summed E-state index contributed by atoms with van der Waals surface area (Å²) in [5, 5.41) is 6.74. The number of rotatable bonds is 4. The Morgan fingerprint density at radius 1 is 1.29 bits per heavy atom. The summed E-state index contributed by atoms with van der Waals surface area (Å²) in [6.07, 6.45) is 8.19. The second-order valence-electron chi connectivity index (χ2n) is 7.08. The van der Waals surface area contributed by atoms with Crippen LogP contribution in [-0.2, 0) is 16.1 Å². The highest BCUT2D eigenvalue weighted by Gasteiger charge is 2.34. The minimum Gasteiger partial charge on any atom is -0.359 e. The molecular weight excluding hydrogens is 306 g/mol. The number of aromatic nitrogens is 1. The quantitative estimate of drug-likeness (QED) is 0.859. The zero-order valence-corrected chi connectivity index (χ0v) is 14.4. The van der Waals surface area contributed by atoms with Gasteiger partial charge in [0.05, 0.1) is 18.2 Å². The summed E-state index contributed by atoms with van der Waals surface area (Å²) in [6, 6.07) is 2.15. The molecule has 0 unspecified atom stereocenters. The number of carbonyl (C=O) groups excluding carboxylic acids is 2. The molecule has 0 radical (unpaired) electrons. The first kappa shape index (κ1) is 17.0. The van der Waals surface area contributed by atoms with Gasteiger partial charge in [-0.25, -0.2) is 0 Å². The predicted molar refractivity (Wildman–Crippen MR) is 89.0 cm³/mol. The Kier molecular flexibility index (Phi) is 5.53. The van der Waals surface area contributed by atoms with Crippen LogP contribution in [0.2, 0.25) is 0 Å². The number of amides is 2. The Morgan fingerprint density at radius 2 is 2.04 bits per heavy atom. The van der Waals surface area contributed by atoms with E-state index < -0.39 is 0 Å². The Labute approximate surface area is 142 Å². The van der Waals surface area contributed by atoms with Gasteiger partial charge in [0.1, 0.15) is 0 Å². The number of nitrogens with one attached hydrogen (secondary N) is 1. The molecule has 0 bridgehead atoms. The number of carbonyl (C=O) groups is 2. The Bertz CT molecular complexity index is 576. The first-order valence-electron chi connectivity index (χ1n) is 9.13. The minimum atomic E-state index is -0.116. The van der Waals surface area contributed by atoms with E-state index in [9.17, 15) is 9.59 Å². The first-order chi connectivity index (χ1) is 11.6. The van der Waals surface area contributed by atoms with E-state index in [2.05, 4.69) is 10.5 Å². The zero-order chi connectivity index (χ0) is 16.9. The Morgan fingerprint density at radius 3 is 2.71 bits per heavy atom. The van der Waals surface area contributed by atoms with Gasteiger partial charge in [0.2, 0.25) is 11.8 Å². The standard InChI is InChI=1S/C18H27N3O3/c1-13-10-16(24-20-13)11-19-18(23)14-8-9-17(22)21(12-14)15-6-4-2-3-5-7-15/h10,14-15H,2-9,11-12H2,1H3,(H,19,23)/t14-/m1/s1. The van der Waals surface area contributed by atoms with Crippen LogP contribution in [0.25, 0.3) is 0 Å². The zero-order valence-electron chi connectivity index (χ0n) is 14.4. The maximum atomic E-state index is 12.5. The van der Waals surface area contributed by atoms with Crippen LogP contribution >= 0.6 is 0 Å². The summed E-state index contributed by atoms with van der Waals surface area (Å²) in [5.41, 5.74) is 0.807. The predicted octanol–water partition coefficient (Wildman–Crippen LogP) is 2.56. The van der Waals surface area contributed by atoms with Crippen molar-refractivity contribution < 1.29 is 14.1 Å².